The monoisotopic (exact) mass is 236 g/mol. The normalized spacial score (nSPS) is 12.4. The Kier molecular flexibility index (Phi) is 8.65. The van der Waals surface area contributed by atoms with E-state index >= 15 is 0 Å². The lowest BCUT2D eigenvalue weighted by molar-refractivity contribution is 0.273. The highest BCUT2D eigenvalue weighted by Gasteiger charge is 2.00. The van der Waals surface area contributed by atoms with Gasteiger partial charge >= 0.3 is 10.4 Å². The van der Waals surface area contributed by atoms with Gasteiger partial charge in [0.25, 0.3) is 0 Å². The van der Waals surface area contributed by atoms with E-state index in [4.69, 9.17) is 4.55 Å². The Morgan fingerprint density at radius 3 is 2.40 bits per heavy atom. The van der Waals surface area contributed by atoms with Crippen molar-refractivity contribution in [1.82, 2.24) is 0 Å². The Balaban J connectivity index is 3.25. The van der Waals surface area contributed by atoms with E-state index in [0.717, 1.165) is 6.42 Å². The molecule has 0 aliphatic rings. The maximum atomic E-state index is 10.1. The minimum absolute atomic E-state index is 0.00426. The average Bonchev–Trinajstić information content (AvgIpc) is 2.14. The Bertz CT molecular complexity index is 257. The van der Waals surface area contributed by atoms with E-state index in [9.17, 15) is 8.42 Å². The Morgan fingerprint density at radius 2 is 1.80 bits per heavy atom. The van der Waals surface area contributed by atoms with Crippen LogP contribution in [0.1, 0.15) is 45.4 Å². The van der Waals surface area contributed by atoms with Gasteiger partial charge in [-0.2, -0.15) is 8.42 Å². The smallest absolute Gasteiger partial charge is 0.264 e. The van der Waals surface area contributed by atoms with Crippen LogP contribution in [0.2, 0.25) is 0 Å². The van der Waals surface area contributed by atoms with Crippen molar-refractivity contribution in [3.8, 4) is 0 Å². The van der Waals surface area contributed by atoms with E-state index in [0.29, 0.717) is 6.42 Å². The van der Waals surface area contributed by atoms with E-state index in [1.54, 1.807) is 0 Å². The summed E-state index contributed by atoms with van der Waals surface area (Å²) in [6.07, 6.45) is 10.3. The van der Waals surface area contributed by atoms with Crippen molar-refractivity contribution in [2.45, 2.75) is 45.4 Å². The summed E-state index contributed by atoms with van der Waals surface area (Å²) in [6, 6.07) is 0. The summed E-state index contributed by atoms with van der Waals surface area (Å²) in [5.41, 5.74) is 0. The minimum Gasteiger partial charge on any atom is -0.264 e. The maximum Gasteiger partial charge on any atom is 0.397 e. The molecule has 0 aliphatic carbocycles. The molecule has 0 saturated heterocycles. The zero-order valence-electron chi connectivity index (χ0n) is 9.18. The Labute approximate surface area is 92.3 Å². The number of allylic oxidation sites excluding steroid dienone is 1. The first-order chi connectivity index (χ1) is 7.06. The van der Waals surface area contributed by atoms with Gasteiger partial charge in [-0.15, -0.1) is 0 Å². The van der Waals surface area contributed by atoms with Crippen molar-refractivity contribution in [3.63, 3.8) is 0 Å². The van der Waals surface area contributed by atoms with E-state index < -0.39 is 10.4 Å². The van der Waals surface area contributed by atoms with Gasteiger partial charge in [-0.3, -0.25) is 4.55 Å². The summed E-state index contributed by atoms with van der Waals surface area (Å²) in [5, 5.41) is 0. The summed E-state index contributed by atoms with van der Waals surface area (Å²) in [6.45, 7) is 2.17. The summed E-state index contributed by atoms with van der Waals surface area (Å²) < 4.78 is 32.7. The third-order valence-corrected chi connectivity index (χ3v) is 2.37. The molecular weight excluding hydrogens is 216 g/mol. The molecule has 0 aliphatic heterocycles. The van der Waals surface area contributed by atoms with Crippen molar-refractivity contribution >= 4 is 10.4 Å². The van der Waals surface area contributed by atoms with Gasteiger partial charge in [-0.1, -0.05) is 38.3 Å². The van der Waals surface area contributed by atoms with Crippen LogP contribution in [0.4, 0.5) is 0 Å². The van der Waals surface area contributed by atoms with Gasteiger partial charge in [0.1, 0.15) is 0 Å². The van der Waals surface area contributed by atoms with Gasteiger partial charge in [0.15, 0.2) is 0 Å². The minimum atomic E-state index is -4.26. The first-order valence-corrected chi connectivity index (χ1v) is 6.69. The Morgan fingerprint density at radius 1 is 1.13 bits per heavy atom. The Hall–Kier alpha value is -0.390. The number of hydrogen-bond acceptors (Lipinski definition) is 3. The molecule has 0 bridgehead atoms. The molecule has 0 heterocycles. The van der Waals surface area contributed by atoms with E-state index in [2.05, 4.69) is 11.1 Å². The molecule has 0 rings (SSSR count). The SMILES string of the molecule is CCCCCC/C=C\CCOS(=O)(=O)O. The van der Waals surface area contributed by atoms with Crippen molar-refractivity contribution in [2.75, 3.05) is 6.61 Å². The van der Waals surface area contributed by atoms with Crippen molar-refractivity contribution in [1.29, 1.82) is 0 Å². The highest BCUT2D eigenvalue weighted by molar-refractivity contribution is 7.80. The van der Waals surface area contributed by atoms with Crippen molar-refractivity contribution in [3.05, 3.63) is 12.2 Å². The average molecular weight is 236 g/mol. The fourth-order valence-electron chi connectivity index (χ4n) is 1.15. The summed E-state index contributed by atoms with van der Waals surface area (Å²) >= 11 is 0. The van der Waals surface area contributed by atoms with Crippen LogP contribution >= 0.6 is 0 Å². The second-order valence-electron chi connectivity index (χ2n) is 3.36. The van der Waals surface area contributed by atoms with Crippen LogP contribution in [0.15, 0.2) is 12.2 Å². The molecule has 4 nitrogen and oxygen atoms in total. The summed E-state index contributed by atoms with van der Waals surface area (Å²) in [4.78, 5) is 0. The molecular formula is C10H20O4S. The predicted octanol–water partition coefficient (Wildman–Crippen LogP) is 2.72. The van der Waals surface area contributed by atoms with Crippen LogP contribution in [0, 0.1) is 0 Å². The molecule has 0 spiro atoms. The third-order valence-electron chi connectivity index (χ3n) is 1.91. The molecule has 0 amide bonds. The van der Waals surface area contributed by atoms with Crippen molar-refractivity contribution < 1.29 is 17.2 Å². The van der Waals surface area contributed by atoms with Gasteiger partial charge in [0, 0.05) is 0 Å². The number of hydrogen-bond donors (Lipinski definition) is 1. The second kappa shape index (κ2) is 8.88. The summed E-state index contributed by atoms with van der Waals surface area (Å²) in [7, 11) is -4.26. The van der Waals surface area contributed by atoms with Gasteiger partial charge in [0.05, 0.1) is 6.61 Å². The zero-order chi connectivity index (χ0) is 11.6. The van der Waals surface area contributed by atoms with E-state index in [1.165, 1.54) is 25.7 Å². The fourth-order valence-corrected chi connectivity index (χ4v) is 1.45. The standard InChI is InChI=1S/C10H20O4S/c1-2-3-4-5-6-7-8-9-10-14-15(11,12)13/h7-8H,2-6,9-10H2,1H3,(H,11,12,13)/b8-7-. The molecule has 0 aromatic heterocycles. The lowest BCUT2D eigenvalue weighted by Crippen LogP contribution is -2.03. The molecule has 1 N–H and O–H groups in total. The first-order valence-electron chi connectivity index (χ1n) is 5.33. The lowest BCUT2D eigenvalue weighted by atomic mass is 10.1. The molecule has 0 unspecified atom stereocenters. The highest BCUT2D eigenvalue weighted by Crippen LogP contribution is 2.03. The van der Waals surface area contributed by atoms with Gasteiger partial charge < -0.3 is 0 Å². The molecule has 15 heavy (non-hydrogen) atoms. The predicted molar refractivity (Wildman–Crippen MR) is 60.0 cm³/mol. The fraction of sp³-hybridized carbons (Fsp3) is 0.800. The van der Waals surface area contributed by atoms with Crippen LogP contribution < -0.4 is 0 Å². The zero-order valence-corrected chi connectivity index (χ0v) is 10.0. The maximum absolute atomic E-state index is 10.1. The largest absolute Gasteiger partial charge is 0.397 e. The molecule has 0 atom stereocenters. The second-order valence-corrected chi connectivity index (χ2v) is 4.45. The quantitative estimate of drug-likeness (QED) is 0.380. The lowest BCUT2D eigenvalue weighted by Gasteiger charge is -1.96. The molecule has 0 radical (unpaired) electrons. The van der Waals surface area contributed by atoms with Crippen LogP contribution in [-0.2, 0) is 14.6 Å². The molecule has 0 fully saturated rings. The van der Waals surface area contributed by atoms with Crippen molar-refractivity contribution in [2.24, 2.45) is 0 Å². The third kappa shape index (κ3) is 13.6. The van der Waals surface area contributed by atoms with Gasteiger partial charge in [-0.05, 0) is 19.3 Å². The molecule has 0 aromatic rings. The van der Waals surface area contributed by atoms with Crippen LogP contribution in [0.5, 0.6) is 0 Å². The molecule has 5 heteroatoms. The number of unbranched alkanes of at least 4 members (excludes halogenated alkanes) is 4. The highest BCUT2D eigenvalue weighted by atomic mass is 32.3. The molecule has 0 saturated carbocycles. The first kappa shape index (κ1) is 14.6. The topological polar surface area (TPSA) is 63.6 Å². The number of rotatable bonds is 9. The van der Waals surface area contributed by atoms with Gasteiger partial charge in [0.2, 0.25) is 0 Å². The van der Waals surface area contributed by atoms with Crippen LogP contribution in [-0.4, -0.2) is 19.6 Å². The van der Waals surface area contributed by atoms with Crippen LogP contribution in [0.25, 0.3) is 0 Å². The molecule has 0 aromatic carbocycles. The molecule has 90 valence electrons. The van der Waals surface area contributed by atoms with E-state index in [1.807, 2.05) is 12.2 Å². The van der Waals surface area contributed by atoms with Gasteiger partial charge in [-0.25, -0.2) is 4.18 Å². The van der Waals surface area contributed by atoms with Crippen LogP contribution in [0.3, 0.4) is 0 Å². The summed E-state index contributed by atoms with van der Waals surface area (Å²) in [5.74, 6) is 0. The van der Waals surface area contributed by atoms with E-state index in [-0.39, 0.29) is 6.61 Å².